The van der Waals surface area contributed by atoms with Crippen molar-refractivity contribution < 1.29 is 18.8 Å². The number of hydrogen-bond donors (Lipinski definition) is 0. The fraction of sp³-hybridized carbons (Fsp3) is 0.200. The van der Waals surface area contributed by atoms with Gasteiger partial charge in [-0.1, -0.05) is 59.5 Å². The van der Waals surface area contributed by atoms with E-state index >= 15 is 0 Å². The van der Waals surface area contributed by atoms with Gasteiger partial charge in [-0.25, -0.2) is 9.78 Å². The van der Waals surface area contributed by atoms with E-state index in [2.05, 4.69) is 22.0 Å². The maximum atomic E-state index is 12.0. The van der Waals surface area contributed by atoms with E-state index in [0.29, 0.717) is 38.1 Å². The molecule has 0 atom stereocenters. The lowest BCUT2D eigenvalue weighted by Gasteiger charge is -2.10. The molecule has 0 saturated heterocycles. The fourth-order valence-corrected chi connectivity index (χ4v) is 4.81. The first kappa shape index (κ1) is 26.7. The van der Waals surface area contributed by atoms with Crippen molar-refractivity contribution in [2.45, 2.75) is 33.3 Å². The number of halogens is 2. The molecule has 5 rings (SSSR count). The van der Waals surface area contributed by atoms with Crippen LogP contribution in [0, 0.1) is 0 Å². The van der Waals surface area contributed by atoms with Crippen LogP contribution in [0.5, 0.6) is 5.75 Å². The van der Waals surface area contributed by atoms with E-state index in [1.54, 1.807) is 25.1 Å². The van der Waals surface area contributed by atoms with E-state index in [9.17, 15) is 4.79 Å². The third kappa shape index (κ3) is 5.75. The maximum absolute atomic E-state index is 12.0. The highest BCUT2D eigenvalue weighted by atomic mass is 35.5. The number of rotatable bonds is 9. The van der Waals surface area contributed by atoms with Gasteiger partial charge in [0, 0.05) is 12.0 Å². The lowest BCUT2D eigenvalue weighted by Crippen LogP contribution is -2.07. The molecule has 0 unspecified atom stereocenters. The zero-order valence-electron chi connectivity index (χ0n) is 21.4. The van der Waals surface area contributed by atoms with Crippen LogP contribution in [-0.2, 0) is 17.8 Å². The van der Waals surface area contributed by atoms with E-state index < -0.39 is 5.97 Å². The Morgan fingerprint density at radius 1 is 0.949 bits per heavy atom. The highest BCUT2D eigenvalue weighted by molar-refractivity contribution is 6.39. The summed E-state index contributed by atoms with van der Waals surface area (Å²) in [5.41, 5.74) is 5.49. The van der Waals surface area contributed by atoms with Crippen LogP contribution in [0.25, 0.3) is 33.4 Å². The minimum absolute atomic E-state index is 0.188. The molecular formula is C30H25Cl2N3O4. The molecule has 2 heterocycles. The van der Waals surface area contributed by atoms with Crippen LogP contribution in [0.4, 0.5) is 0 Å². The second kappa shape index (κ2) is 11.8. The number of nitrogens with zero attached hydrogens (tertiary/aromatic N) is 3. The number of esters is 1. The van der Waals surface area contributed by atoms with Gasteiger partial charge in [0.2, 0.25) is 0 Å². The molecule has 3 aromatic carbocycles. The number of aromatic nitrogens is 3. The minimum Gasteiger partial charge on any atom is -0.489 e. The SMILES string of the molecule is CCCc1onc(-c2c(Cl)cccc2Cl)c1COc1ccc(-c2ccc3nc(C(=O)OCC)cnc3c2)cc1. The fourth-order valence-electron chi connectivity index (χ4n) is 4.23. The van der Waals surface area contributed by atoms with E-state index in [0.717, 1.165) is 35.3 Å². The summed E-state index contributed by atoms with van der Waals surface area (Å²) in [5, 5.41) is 5.28. The molecular weight excluding hydrogens is 537 g/mol. The van der Waals surface area contributed by atoms with Crippen molar-refractivity contribution >= 4 is 40.2 Å². The summed E-state index contributed by atoms with van der Waals surface area (Å²) in [6, 6.07) is 18.8. The molecule has 2 aromatic heterocycles. The molecule has 0 aliphatic heterocycles. The number of ether oxygens (including phenoxy) is 2. The molecule has 39 heavy (non-hydrogen) atoms. The van der Waals surface area contributed by atoms with Gasteiger partial charge in [0.1, 0.15) is 23.8 Å². The number of aryl methyl sites for hydroxylation is 1. The summed E-state index contributed by atoms with van der Waals surface area (Å²) in [6.45, 7) is 4.36. The van der Waals surface area contributed by atoms with Gasteiger partial charge in [-0.2, -0.15) is 0 Å². The Hall–Kier alpha value is -3.94. The van der Waals surface area contributed by atoms with Crippen LogP contribution in [0.1, 0.15) is 42.1 Å². The molecule has 0 bridgehead atoms. The molecule has 0 N–H and O–H groups in total. The van der Waals surface area contributed by atoms with Crippen molar-refractivity contribution in [1.29, 1.82) is 0 Å². The topological polar surface area (TPSA) is 87.3 Å². The van der Waals surface area contributed by atoms with E-state index in [1.807, 2.05) is 42.5 Å². The number of benzene rings is 3. The van der Waals surface area contributed by atoms with Crippen LogP contribution in [0.3, 0.4) is 0 Å². The Balaban J connectivity index is 1.35. The first-order valence-corrected chi connectivity index (χ1v) is 13.3. The van der Waals surface area contributed by atoms with E-state index in [4.69, 9.17) is 37.2 Å². The van der Waals surface area contributed by atoms with Crippen molar-refractivity contribution in [3.63, 3.8) is 0 Å². The molecule has 7 nitrogen and oxygen atoms in total. The van der Waals surface area contributed by atoms with E-state index in [-0.39, 0.29) is 18.9 Å². The summed E-state index contributed by atoms with van der Waals surface area (Å²) >= 11 is 12.9. The van der Waals surface area contributed by atoms with Crippen molar-refractivity contribution in [3.8, 4) is 28.1 Å². The molecule has 198 valence electrons. The van der Waals surface area contributed by atoms with Crippen molar-refractivity contribution in [2.24, 2.45) is 0 Å². The van der Waals surface area contributed by atoms with Crippen LogP contribution in [-0.4, -0.2) is 27.7 Å². The normalized spacial score (nSPS) is 11.1. The van der Waals surface area contributed by atoms with Crippen LogP contribution >= 0.6 is 23.2 Å². The lowest BCUT2D eigenvalue weighted by molar-refractivity contribution is 0.0519. The Kier molecular flexibility index (Phi) is 8.10. The molecule has 0 fully saturated rings. The quantitative estimate of drug-likeness (QED) is 0.168. The Morgan fingerprint density at radius 3 is 2.41 bits per heavy atom. The second-order valence-electron chi connectivity index (χ2n) is 8.77. The maximum Gasteiger partial charge on any atom is 0.358 e. The summed E-state index contributed by atoms with van der Waals surface area (Å²) < 4.78 is 16.8. The Bertz CT molecular complexity index is 1610. The largest absolute Gasteiger partial charge is 0.489 e. The molecule has 5 aromatic rings. The first-order valence-electron chi connectivity index (χ1n) is 12.6. The minimum atomic E-state index is -0.485. The lowest BCUT2D eigenvalue weighted by atomic mass is 10.0. The number of carbonyl (C=O) groups excluding carboxylic acids is 1. The Morgan fingerprint density at radius 2 is 1.69 bits per heavy atom. The van der Waals surface area contributed by atoms with Gasteiger partial charge in [-0.05, 0) is 60.9 Å². The summed E-state index contributed by atoms with van der Waals surface area (Å²) in [5.74, 6) is 0.962. The van der Waals surface area contributed by atoms with Gasteiger partial charge in [-0.3, -0.25) is 4.98 Å². The van der Waals surface area contributed by atoms with Crippen LogP contribution in [0.2, 0.25) is 10.0 Å². The third-order valence-corrected chi connectivity index (χ3v) is 6.77. The smallest absolute Gasteiger partial charge is 0.358 e. The number of fused-ring (bicyclic) bond motifs is 1. The predicted molar refractivity (Wildman–Crippen MR) is 151 cm³/mol. The van der Waals surface area contributed by atoms with Gasteiger partial charge in [0.15, 0.2) is 5.69 Å². The van der Waals surface area contributed by atoms with Gasteiger partial charge < -0.3 is 14.0 Å². The molecule has 0 radical (unpaired) electrons. The molecule has 0 spiro atoms. The molecule has 9 heteroatoms. The third-order valence-electron chi connectivity index (χ3n) is 6.14. The number of carbonyl (C=O) groups is 1. The summed E-state index contributed by atoms with van der Waals surface area (Å²) in [6.07, 6.45) is 3.05. The average Bonchev–Trinajstić information content (AvgIpc) is 3.33. The van der Waals surface area contributed by atoms with Crippen molar-refractivity contribution in [3.05, 3.63) is 93.9 Å². The zero-order chi connectivity index (χ0) is 27.4. The Labute approximate surface area is 235 Å². The highest BCUT2D eigenvalue weighted by Gasteiger charge is 2.22. The van der Waals surface area contributed by atoms with Gasteiger partial charge in [-0.15, -0.1) is 0 Å². The summed E-state index contributed by atoms with van der Waals surface area (Å²) in [7, 11) is 0. The van der Waals surface area contributed by atoms with Crippen molar-refractivity contribution in [1.82, 2.24) is 15.1 Å². The van der Waals surface area contributed by atoms with Crippen LogP contribution < -0.4 is 4.74 Å². The highest BCUT2D eigenvalue weighted by Crippen LogP contribution is 2.37. The van der Waals surface area contributed by atoms with Gasteiger partial charge >= 0.3 is 5.97 Å². The predicted octanol–water partition coefficient (Wildman–Crippen LogP) is 7.97. The summed E-state index contributed by atoms with van der Waals surface area (Å²) in [4.78, 5) is 20.7. The second-order valence-corrected chi connectivity index (χ2v) is 9.59. The van der Waals surface area contributed by atoms with Gasteiger partial charge in [0.05, 0.1) is 39.4 Å². The molecule has 0 aliphatic carbocycles. The number of hydrogen-bond acceptors (Lipinski definition) is 7. The molecule has 0 aliphatic rings. The zero-order valence-corrected chi connectivity index (χ0v) is 22.9. The first-order chi connectivity index (χ1) is 19.0. The monoisotopic (exact) mass is 561 g/mol. The van der Waals surface area contributed by atoms with E-state index in [1.165, 1.54) is 6.20 Å². The standard InChI is InChI=1S/C30H25Cl2N3O4/c1-3-6-27-21(29(35-39-27)28-22(31)7-5-8-23(28)32)17-38-20-12-9-18(10-13-20)19-11-14-24-25(15-19)33-16-26(34-24)30(36)37-4-2/h5,7-16H,3-4,6,17H2,1-2H3. The molecule has 0 amide bonds. The van der Waals surface area contributed by atoms with Crippen molar-refractivity contribution in [2.75, 3.05) is 6.61 Å². The molecule has 0 saturated carbocycles. The van der Waals surface area contributed by atoms with Gasteiger partial charge in [0.25, 0.3) is 0 Å². The van der Waals surface area contributed by atoms with Crippen LogP contribution in [0.15, 0.2) is 71.4 Å². The average molecular weight is 562 g/mol.